The molecule has 0 aliphatic carbocycles. The number of anilines is 1. The van der Waals surface area contributed by atoms with Gasteiger partial charge in [0.05, 0.1) is 17.7 Å². The monoisotopic (exact) mass is 661 g/mol. The zero-order chi connectivity index (χ0) is 33.5. The van der Waals surface area contributed by atoms with Crippen LogP contribution in [0.4, 0.5) is 5.69 Å². The number of amides is 2. The van der Waals surface area contributed by atoms with E-state index in [1.165, 1.54) is 24.1 Å². The SMILES string of the molecule is COc1cccc(N(CC(=O)N(Cc2ccc(Cl)cc2)[C@H](Cc2ccccc2)C(=O)NC(C)(C)C)S(=O)(=O)c2ccc(C)cc2)c1. The number of methoxy groups -OCH3 is 1. The number of halogens is 1. The molecule has 0 fully saturated rings. The van der Waals surface area contributed by atoms with Crippen LogP contribution in [0.5, 0.6) is 5.75 Å². The zero-order valence-electron chi connectivity index (χ0n) is 26.7. The Morgan fingerprint density at radius 3 is 2.13 bits per heavy atom. The third-order valence-electron chi connectivity index (χ3n) is 7.26. The molecule has 0 aliphatic heterocycles. The van der Waals surface area contributed by atoms with Gasteiger partial charge >= 0.3 is 0 Å². The van der Waals surface area contributed by atoms with Crippen molar-refractivity contribution in [2.24, 2.45) is 0 Å². The lowest BCUT2D eigenvalue weighted by atomic mass is 10.0. The van der Waals surface area contributed by atoms with E-state index in [1.807, 2.05) is 58.0 Å². The summed E-state index contributed by atoms with van der Waals surface area (Å²) in [7, 11) is -2.74. The van der Waals surface area contributed by atoms with Gasteiger partial charge in [0, 0.05) is 29.6 Å². The highest BCUT2D eigenvalue weighted by molar-refractivity contribution is 7.92. The van der Waals surface area contributed by atoms with Gasteiger partial charge in [-0.2, -0.15) is 0 Å². The van der Waals surface area contributed by atoms with Gasteiger partial charge in [0.1, 0.15) is 18.3 Å². The number of nitrogens with zero attached hydrogens (tertiary/aromatic N) is 2. The molecule has 8 nitrogen and oxygen atoms in total. The highest BCUT2D eigenvalue weighted by Crippen LogP contribution is 2.28. The van der Waals surface area contributed by atoms with Crippen LogP contribution in [0.3, 0.4) is 0 Å². The average molecular weight is 662 g/mol. The van der Waals surface area contributed by atoms with Gasteiger partial charge < -0.3 is 15.0 Å². The van der Waals surface area contributed by atoms with Crippen molar-refractivity contribution in [3.8, 4) is 5.75 Å². The third kappa shape index (κ3) is 9.11. The molecule has 1 atom stereocenters. The Balaban J connectivity index is 1.83. The Morgan fingerprint density at radius 2 is 1.52 bits per heavy atom. The Morgan fingerprint density at radius 1 is 0.870 bits per heavy atom. The van der Waals surface area contributed by atoms with Crippen LogP contribution in [0.15, 0.2) is 108 Å². The van der Waals surface area contributed by atoms with E-state index in [1.54, 1.807) is 60.7 Å². The maximum atomic E-state index is 14.6. The van der Waals surface area contributed by atoms with Gasteiger partial charge in [0.15, 0.2) is 0 Å². The predicted molar refractivity (Wildman–Crippen MR) is 183 cm³/mol. The molecule has 4 aromatic carbocycles. The number of ether oxygens (including phenoxy) is 1. The van der Waals surface area contributed by atoms with Gasteiger partial charge in [-0.25, -0.2) is 8.42 Å². The summed E-state index contributed by atoms with van der Waals surface area (Å²) in [5, 5.41) is 3.56. The van der Waals surface area contributed by atoms with Crippen LogP contribution in [0.2, 0.25) is 5.02 Å². The highest BCUT2D eigenvalue weighted by atomic mass is 35.5. The summed E-state index contributed by atoms with van der Waals surface area (Å²) in [5.41, 5.74) is 2.14. The number of benzene rings is 4. The first-order valence-corrected chi connectivity index (χ1v) is 16.7. The Bertz CT molecular complexity index is 1740. The molecule has 1 N–H and O–H groups in total. The van der Waals surface area contributed by atoms with Crippen LogP contribution in [0.25, 0.3) is 0 Å². The number of carbonyl (C=O) groups excluding carboxylic acids is 2. The molecular formula is C36H40ClN3O5S. The maximum absolute atomic E-state index is 14.6. The summed E-state index contributed by atoms with van der Waals surface area (Å²) in [6, 6.07) is 28.4. The standard InChI is InChI=1S/C36H40ClN3O5S/c1-26-14-20-32(21-15-26)46(43,44)40(30-12-9-13-31(23-30)45-5)25-34(41)39(24-28-16-18-29(37)19-17-28)33(35(42)38-36(2,3)4)22-27-10-7-6-8-11-27/h6-21,23,33H,22,24-25H2,1-5H3,(H,38,42)/t33-/m1/s1. The van der Waals surface area contributed by atoms with Gasteiger partial charge in [-0.05, 0) is 75.2 Å². The van der Waals surface area contributed by atoms with Crippen molar-refractivity contribution in [3.05, 3.63) is 125 Å². The molecule has 4 aromatic rings. The van der Waals surface area contributed by atoms with E-state index >= 15 is 0 Å². The smallest absolute Gasteiger partial charge is 0.264 e. The van der Waals surface area contributed by atoms with Crippen molar-refractivity contribution in [3.63, 3.8) is 0 Å². The van der Waals surface area contributed by atoms with Crippen LogP contribution in [-0.4, -0.2) is 50.4 Å². The van der Waals surface area contributed by atoms with Crippen LogP contribution in [0.1, 0.15) is 37.5 Å². The summed E-state index contributed by atoms with van der Waals surface area (Å²) in [6.45, 7) is 6.95. The zero-order valence-corrected chi connectivity index (χ0v) is 28.3. The normalized spacial score (nSPS) is 12.2. The van der Waals surface area contributed by atoms with E-state index in [2.05, 4.69) is 5.32 Å². The predicted octanol–water partition coefficient (Wildman–Crippen LogP) is 6.41. The maximum Gasteiger partial charge on any atom is 0.264 e. The lowest BCUT2D eigenvalue weighted by Crippen LogP contribution is -2.56. The highest BCUT2D eigenvalue weighted by Gasteiger charge is 2.35. The lowest BCUT2D eigenvalue weighted by molar-refractivity contribution is -0.140. The Hall–Kier alpha value is -4.34. The first kappa shape index (κ1) is 34.5. The molecule has 0 aliphatic rings. The van der Waals surface area contributed by atoms with Crippen LogP contribution >= 0.6 is 11.6 Å². The summed E-state index contributed by atoms with van der Waals surface area (Å²) in [5.74, 6) is -0.481. The number of sulfonamides is 1. The number of hydrogen-bond acceptors (Lipinski definition) is 5. The number of nitrogens with one attached hydrogen (secondary N) is 1. The Kier molecular flexibility index (Phi) is 11.1. The van der Waals surface area contributed by atoms with Crippen LogP contribution in [-0.2, 0) is 32.6 Å². The van der Waals surface area contributed by atoms with Crippen molar-refractivity contribution in [1.82, 2.24) is 10.2 Å². The van der Waals surface area contributed by atoms with E-state index in [9.17, 15) is 18.0 Å². The first-order valence-electron chi connectivity index (χ1n) is 14.9. The minimum atomic E-state index is -4.22. The van der Waals surface area contributed by atoms with Gasteiger partial charge in [-0.3, -0.25) is 13.9 Å². The summed E-state index contributed by atoms with van der Waals surface area (Å²) in [6.07, 6.45) is 0.214. The van der Waals surface area contributed by atoms with Gasteiger partial charge in [0.2, 0.25) is 11.8 Å². The average Bonchev–Trinajstić information content (AvgIpc) is 3.02. The van der Waals surface area contributed by atoms with Gasteiger partial charge in [-0.1, -0.05) is 77.8 Å². The molecule has 0 unspecified atom stereocenters. The van der Waals surface area contributed by atoms with Crippen molar-refractivity contribution in [2.45, 2.75) is 57.1 Å². The minimum absolute atomic E-state index is 0.0317. The molecule has 0 bridgehead atoms. The van der Waals surface area contributed by atoms with E-state index in [0.29, 0.717) is 10.8 Å². The number of aryl methyl sites for hydroxylation is 1. The molecule has 2 amide bonds. The molecule has 0 aromatic heterocycles. The van der Waals surface area contributed by atoms with E-state index in [4.69, 9.17) is 16.3 Å². The van der Waals surface area contributed by atoms with E-state index in [-0.39, 0.29) is 29.5 Å². The summed E-state index contributed by atoms with van der Waals surface area (Å²) < 4.78 is 34.9. The Labute approximate surface area is 277 Å². The van der Waals surface area contributed by atoms with Crippen molar-refractivity contribution < 1.29 is 22.7 Å². The fourth-order valence-electron chi connectivity index (χ4n) is 4.93. The van der Waals surface area contributed by atoms with E-state index in [0.717, 1.165) is 21.0 Å². The van der Waals surface area contributed by atoms with E-state index < -0.39 is 34.1 Å². The van der Waals surface area contributed by atoms with Gasteiger partial charge in [0.25, 0.3) is 10.0 Å². The number of carbonyl (C=O) groups is 2. The van der Waals surface area contributed by atoms with Crippen LogP contribution in [0, 0.1) is 6.92 Å². The first-order chi connectivity index (χ1) is 21.8. The number of hydrogen-bond donors (Lipinski definition) is 1. The third-order valence-corrected chi connectivity index (χ3v) is 9.30. The lowest BCUT2D eigenvalue weighted by Gasteiger charge is -2.35. The second-order valence-electron chi connectivity index (χ2n) is 12.1. The number of rotatable bonds is 12. The summed E-state index contributed by atoms with van der Waals surface area (Å²) in [4.78, 5) is 30.0. The fraction of sp³-hybridized carbons (Fsp3) is 0.278. The second-order valence-corrected chi connectivity index (χ2v) is 14.4. The molecule has 10 heteroatoms. The van der Waals surface area contributed by atoms with Crippen molar-refractivity contribution >= 4 is 39.1 Å². The molecule has 0 saturated carbocycles. The van der Waals surface area contributed by atoms with Crippen molar-refractivity contribution in [2.75, 3.05) is 18.0 Å². The minimum Gasteiger partial charge on any atom is -0.497 e. The largest absolute Gasteiger partial charge is 0.497 e. The quantitative estimate of drug-likeness (QED) is 0.189. The molecule has 46 heavy (non-hydrogen) atoms. The topological polar surface area (TPSA) is 96.0 Å². The van der Waals surface area contributed by atoms with Crippen molar-refractivity contribution in [1.29, 1.82) is 0 Å². The molecule has 242 valence electrons. The molecule has 0 heterocycles. The molecular weight excluding hydrogens is 622 g/mol. The molecule has 0 spiro atoms. The fourth-order valence-corrected chi connectivity index (χ4v) is 6.46. The second kappa shape index (κ2) is 14.8. The van der Waals surface area contributed by atoms with Crippen LogP contribution < -0.4 is 14.4 Å². The summed E-state index contributed by atoms with van der Waals surface area (Å²) >= 11 is 6.15. The molecule has 0 radical (unpaired) electrons. The van der Waals surface area contributed by atoms with Gasteiger partial charge in [-0.15, -0.1) is 0 Å². The molecule has 0 saturated heterocycles. The molecule has 4 rings (SSSR count).